The van der Waals surface area contributed by atoms with Gasteiger partial charge in [0.1, 0.15) is 23.1 Å². The summed E-state index contributed by atoms with van der Waals surface area (Å²) in [6, 6.07) is 1.71. The van der Waals surface area contributed by atoms with E-state index in [4.69, 9.17) is 0 Å². The molecular weight excluding hydrogens is 497 g/mol. The molecule has 3 N–H and O–H groups in total. The van der Waals surface area contributed by atoms with Gasteiger partial charge in [-0.05, 0) is 79.7 Å². The van der Waals surface area contributed by atoms with Gasteiger partial charge in [-0.2, -0.15) is 0 Å². The molecule has 1 unspecified atom stereocenters. The Kier molecular flexibility index (Phi) is 6.85. The lowest BCUT2D eigenvalue weighted by Crippen LogP contribution is -2.54. The zero-order valence-corrected chi connectivity index (χ0v) is 24.5. The highest BCUT2D eigenvalue weighted by atomic mass is 32.2. The van der Waals surface area contributed by atoms with Crippen LogP contribution in [0.2, 0.25) is 18.1 Å². The summed E-state index contributed by atoms with van der Waals surface area (Å²) < 4.78 is 22.5. The second-order valence-corrected chi connectivity index (χ2v) is 20.3. The molecule has 2 amide bonds. The van der Waals surface area contributed by atoms with Crippen LogP contribution in [0.15, 0.2) is 20.8 Å². The molecule has 0 aliphatic heterocycles. The van der Waals surface area contributed by atoms with Crippen molar-refractivity contribution >= 4 is 41.2 Å². The van der Waals surface area contributed by atoms with E-state index >= 15 is 0 Å². The average Bonchev–Trinajstić information content (AvgIpc) is 3.46. The van der Waals surface area contributed by atoms with E-state index in [0.29, 0.717) is 9.22 Å². The van der Waals surface area contributed by atoms with Crippen molar-refractivity contribution in [2.24, 2.45) is 4.36 Å². The highest BCUT2D eigenvalue weighted by Gasteiger charge is 2.40. The highest BCUT2D eigenvalue weighted by molar-refractivity contribution is 7.95. The number of anilines is 1. The normalized spacial score (nSPS) is 17.6. The molecule has 1 aromatic heterocycles. The second kappa shape index (κ2) is 9.06. The van der Waals surface area contributed by atoms with Gasteiger partial charge in [-0.1, -0.05) is 39.9 Å². The lowest BCUT2D eigenvalue weighted by Gasteiger charge is -2.37. The molecule has 0 spiro atoms. The predicted octanol–water partition coefficient (Wildman–Crippen LogP) is 5.92. The summed E-state index contributed by atoms with van der Waals surface area (Å²) in [6.45, 7) is 13.8. The number of amides is 2. The molecule has 7 nitrogen and oxygen atoms in total. The number of aromatic nitrogens is 1. The summed E-state index contributed by atoms with van der Waals surface area (Å²) in [5.41, 5.74) is 4.77. The van der Waals surface area contributed by atoms with E-state index in [1.165, 1.54) is 28.5 Å². The molecule has 2 aromatic rings. The summed E-state index contributed by atoms with van der Waals surface area (Å²) in [6.07, 6.45) is 7.61. The molecular formula is C25H38N4O3S2Si. The SMILES string of the molecule is CC(C)(O)c1ncc(S(=O)(=NC(=O)Nc2c3c(cc4c2CCC4)CCC3)N[Si](C)(C)C(C)(C)C)s1. The number of nitrogens with one attached hydrogen (secondary N) is 2. The molecule has 1 aromatic carbocycles. The fourth-order valence-corrected chi connectivity index (χ4v) is 11.5. The number of carbonyl (C=O) groups excluding carboxylic acids is 1. The molecule has 1 atom stereocenters. The number of aryl methyl sites for hydroxylation is 2. The Labute approximate surface area is 214 Å². The van der Waals surface area contributed by atoms with Crippen LogP contribution >= 0.6 is 11.3 Å². The molecule has 0 radical (unpaired) electrons. The molecule has 1 heterocycles. The van der Waals surface area contributed by atoms with Crippen molar-refractivity contribution in [3.05, 3.63) is 39.5 Å². The Balaban J connectivity index is 1.77. The Morgan fingerprint density at radius 1 is 1.09 bits per heavy atom. The van der Waals surface area contributed by atoms with Crippen molar-refractivity contribution in [1.29, 1.82) is 0 Å². The minimum Gasteiger partial charge on any atom is -0.383 e. The van der Waals surface area contributed by atoms with Gasteiger partial charge in [0.05, 0.1) is 6.20 Å². The predicted molar refractivity (Wildman–Crippen MR) is 146 cm³/mol. The van der Waals surface area contributed by atoms with Crippen LogP contribution in [0.5, 0.6) is 0 Å². The van der Waals surface area contributed by atoms with Crippen molar-refractivity contribution in [3.63, 3.8) is 0 Å². The maximum atomic E-state index is 14.4. The molecule has 0 bridgehead atoms. The minimum atomic E-state index is -3.33. The highest BCUT2D eigenvalue weighted by Crippen LogP contribution is 2.39. The number of hydrogen-bond donors (Lipinski definition) is 3. The molecule has 2 aliphatic carbocycles. The Morgan fingerprint density at radius 2 is 1.66 bits per heavy atom. The van der Waals surface area contributed by atoms with E-state index in [9.17, 15) is 14.1 Å². The third-order valence-corrected chi connectivity index (χ3v) is 17.5. The summed E-state index contributed by atoms with van der Waals surface area (Å²) >= 11 is 1.14. The van der Waals surface area contributed by atoms with E-state index in [1.54, 1.807) is 13.8 Å². The number of nitrogens with zero attached hydrogens (tertiary/aromatic N) is 2. The number of urea groups is 1. The van der Waals surface area contributed by atoms with Gasteiger partial charge in [0.15, 0.2) is 9.92 Å². The van der Waals surface area contributed by atoms with Crippen LogP contribution in [0.25, 0.3) is 0 Å². The number of benzene rings is 1. The lowest BCUT2D eigenvalue weighted by molar-refractivity contribution is 0.0783. The molecule has 0 saturated heterocycles. The van der Waals surface area contributed by atoms with Crippen molar-refractivity contribution in [2.45, 2.75) is 101 Å². The van der Waals surface area contributed by atoms with Crippen LogP contribution in [0.4, 0.5) is 10.5 Å². The number of fused-ring (bicyclic) bond motifs is 2. The van der Waals surface area contributed by atoms with Crippen LogP contribution in [0, 0.1) is 0 Å². The largest absolute Gasteiger partial charge is 0.383 e. The molecule has 35 heavy (non-hydrogen) atoms. The van der Waals surface area contributed by atoms with E-state index in [-0.39, 0.29) is 5.04 Å². The zero-order valence-electron chi connectivity index (χ0n) is 21.9. The zero-order chi connectivity index (χ0) is 25.8. The summed E-state index contributed by atoms with van der Waals surface area (Å²) in [7, 11) is -5.66. The smallest absolute Gasteiger partial charge is 0.354 e. The van der Waals surface area contributed by atoms with Gasteiger partial charge in [0, 0.05) is 5.69 Å². The average molecular weight is 535 g/mol. The van der Waals surface area contributed by atoms with Gasteiger partial charge >= 0.3 is 6.03 Å². The summed E-state index contributed by atoms with van der Waals surface area (Å²) in [5.74, 6) is 0. The number of aliphatic hydroxyl groups is 1. The Bertz CT molecular complexity index is 1250. The first-order valence-corrected chi connectivity index (χ1v) is 17.7. The first-order valence-electron chi connectivity index (χ1n) is 12.3. The number of carbonyl (C=O) groups is 1. The van der Waals surface area contributed by atoms with Crippen LogP contribution in [0.3, 0.4) is 0 Å². The van der Waals surface area contributed by atoms with Gasteiger partial charge in [-0.25, -0.2) is 18.4 Å². The third-order valence-electron chi connectivity index (χ3n) is 7.47. The third kappa shape index (κ3) is 5.27. The van der Waals surface area contributed by atoms with E-state index in [0.717, 1.165) is 55.5 Å². The first-order chi connectivity index (χ1) is 16.1. The van der Waals surface area contributed by atoms with E-state index in [1.807, 2.05) is 0 Å². The van der Waals surface area contributed by atoms with Gasteiger partial charge in [-0.15, -0.1) is 15.7 Å². The number of hydrogen-bond acceptors (Lipinski definition) is 5. The Hall–Kier alpha value is -1.59. The number of rotatable bonds is 5. The van der Waals surface area contributed by atoms with Gasteiger partial charge in [0.25, 0.3) is 0 Å². The molecule has 0 saturated carbocycles. The minimum absolute atomic E-state index is 0.132. The topological polar surface area (TPSA) is 104 Å². The monoisotopic (exact) mass is 534 g/mol. The summed E-state index contributed by atoms with van der Waals surface area (Å²) in [4.78, 5) is 17.7. The van der Waals surface area contributed by atoms with Gasteiger partial charge in [-0.3, -0.25) is 0 Å². The summed E-state index contributed by atoms with van der Waals surface area (Å²) in [5, 5.41) is 13.8. The van der Waals surface area contributed by atoms with E-state index in [2.05, 4.69) is 59.0 Å². The van der Waals surface area contributed by atoms with Crippen molar-refractivity contribution in [1.82, 2.24) is 9.37 Å². The maximum absolute atomic E-state index is 14.4. The van der Waals surface area contributed by atoms with Crippen LogP contribution in [-0.4, -0.2) is 28.6 Å². The fraction of sp³-hybridized carbons (Fsp3) is 0.600. The lowest BCUT2D eigenvalue weighted by atomic mass is 9.99. The Morgan fingerprint density at radius 3 is 2.14 bits per heavy atom. The standard InChI is InChI=1S/C25H38N4O3S2Si/c1-24(2,3)35(6,7)29-34(32,20-15-26-22(33-20)25(4,5)31)28-23(30)27-21-18-12-8-10-16(18)14-17-11-9-13-19(17)21/h14-15,31H,8-13H2,1-7H3,(H2,27,28,29,30,32). The van der Waals surface area contributed by atoms with Crippen LogP contribution in [0.1, 0.15) is 74.7 Å². The van der Waals surface area contributed by atoms with Gasteiger partial charge < -0.3 is 10.4 Å². The first kappa shape index (κ1) is 26.5. The van der Waals surface area contributed by atoms with Crippen molar-refractivity contribution in [2.75, 3.05) is 5.32 Å². The molecule has 2 aliphatic rings. The quantitative estimate of drug-likeness (QED) is 0.414. The second-order valence-electron chi connectivity index (χ2n) is 11.8. The van der Waals surface area contributed by atoms with E-state index < -0.39 is 29.8 Å². The molecule has 0 fully saturated rings. The maximum Gasteiger partial charge on any atom is 0.354 e. The van der Waals surface area contributed by atoms with Crippen molar-refractivity contribution in [3.8, 4) is 0 Å². The molecule has 4 rings (SSSR count). The fourth-order valence-electron chi connectivity index (χ4n) is 4.50. The molecule has 10 heteroatoms. The number of thiazole rings is 1. The van der Waals surface area contributed by atoms with Gasteiger partial charge in [0.2, 0.25) is 0 Å². The molecule has 192 valence electrons. The van der Waals surface area contributed by atoms with Crippen molar-refractivity contribution < 1.29 is 14.1 Å². The van der Waals surface area contributed by atoms with Crippen LogP contribution < -0.4 is 9.70 Å². The van der Waals surface area contributed by atoms with Crippen LogP contribution in [-0.2, 0) is 41.2 Å².